The Kier molecular flexibility index (Phi) is 5.53. The third-order valence-electron chi connectivity index (χ3n) is 2.71. The second-order valence-corrected chi connectivity index (χ2v) is 3.95. The number of methoxy groups -OCH3 is 2. The first-order valence-electron chi connectivity index (χ1n) is 5.98. The van der Waals surface area contributed by atoms with Crippen molar-refractivity contribution in [1.82, 2.24) is 0 Å². The Labute approximate surface area is 103 Å². The number of hydrogen-bond donors (Lipinski definition) is 0. The first-order valence-corrected chi connectivity index (χ1v) is 5.98. The smallest absolute Gasteiger partial charge is 0.163 e. The number of ether oxygens (including phenoxy) is 2. The summed E-state index contributed by atoms with van der Waals surface area (Å²) in [5.41, 5.74) is 0.693. The lowest BCUT2D eigenvalue weighted by Gasteiger charge is -2.08. The summed E-state index contributed by atoms with van der Waals surface area (Å²) in [6, 6.07) is 5.30. The lowest BCUT2D eigenvalue weighted by atomic mass is 10.0. The molecule has 17 heavy (non-hydrogen) atoms. The van der Waals surface area contributed by atoms with E-state index in [2.05, 4.69) is 6.92 Å². The number of carbonyl (C=O) groups excluding carboxylic acids is 1. The molecule has 0 unspecified atom stereocenters. The lowest BCUT2D eigenvalue weighted by Crippen LogP contribution is -2.00. The third kappa shape index (κ3) is 3.77. The van der Waals surface area contributed by atoms with E-state index in [9.17, 15) is 4.79 Å². The van der Waals surface area contributed by atoms with E-state index >= 15 is 0 Å². The number of carbonyl (C=O) groups is 1. The molecule has 0 amide bonds. The van der Waals surface area contributed by atoms with Gasteiger partial charge in [0.2, 0.25) is 0 Å². The quantitative estimate of drug-likeness (QED) is 0.537. The summed E-state index contributed by atoms with van der Waals surface area (Å²) in [5.74, 6) is 1.42. The van der Waals surface area contributed by atoms with Gasteiger partial charge in [-0.15, -0.1) is 0 Å². The largest absolute Gasteiger partial charge is 0.493 e. The molecule has 1 aromatic rings. The molecular formula is C14H20O3. The van der Waals surface area contributed by atoms with Gasteiger partial charge in [0.1, 0.15) is 0 Å². The van der Waals surface area contributed by atoms with Crippen LogP contribution in [0.4, 0.5) is 0 Å². The minimum atomic E-state index is 0.166. The van der Waals surface area contributed by atoms with E-state index in [0.29, 0.717) is 23.5 Å². The van der Waals surface area contributed by atoms with Crippen molar-refractivity contribution in [2.24, 2.45) is 0 Å². The molecule has 3 heteroatoms. The van der Waals surface area contributed by atoms with E-state index in [4.69, 9.17) is 9.47 Å². The third-order valence-corrected chi connectivity index (χ3v) is 2.71. The fourth-order valence-electron chi connectivity index (χ4n) is 1.69. The van der Waals surface area contributed by atoms with Crippen molar-refractivity contribution >= 4 is 5.78 Å². The Balaban J connectivity index is 2.74. The summed E-state index contributed by atoms with van der Waals surface area (Å²) >= 11 is 0. The minimum absolute atomic E-state index is 0.166. The molecule has 3 nitrogen and oxygen atoms in total. The second kappa shape index (κ2) is 6.94. The Bertz CT molecular complexity index is 372. The molecule has 0 aromatic heterocycles. The molecule has 0 bridgehead atoms. The van der Waals surface area contributed by atoms with Crippen LogP contribution in [0.2, 0.25) is 0 Å². The Hall–Kier alpha value is -1.51. The van der Waals surface area contributed by atoms with Crippen LogP contribution in [0.3, 0.4) is 0 Å². The maximum absolute atomic E-state index is 11.9. The van der Waals surface area contributed by atoms with Crippen LogP contribution in [0.25, 0.3) is 0 Å². The zero-order valence-electron chi connectivity index (χ0n) is 10.8. The summed E-state index contributed by atoms with van der Waals surface area (Å²) < 4.78 is 10.3. The molecule has 0 aliphatic rings. The number of benzene rings is 1. The molecule has 0 aliphatic carbocycles. The standard InChI is InChI=1S/C14H20O3/c1-4-5-6-7-12(15)11-8-9-13(16-2)14(10-11)17-3/h8-10H,4-7H2,1-3H3. The molecule has 94 valence electrons. The maximum atomic E-state index is 11.9. The first-order chi connectivity index (χ1) is 8.22. The first kappa shape index (κ1) is 13.6. The summed E-state index contributed by atoms with van der Waals surface area (Å²) in [5, 5.41) is 0. The highest BCUT2D eigenvalue weighted by molar-refractivity contribution is 5.96. The Morgan fingerprint density at radius 2 is 1.82 bits per heavy atom. The SMILES string of the molecule is CCCCCC(=O)c1ccc(OC)c(OC)c1. The molecule has 0 saturated carbocycles. The monoisotopic (exact) mass is 236 g/mol. The van der Waals surface area contributed by atoms with Crippen molar-refractivity contribution in [3.63, 3.8) is 0 Å². The fourth-order valence-corrected chi connectivity index (χ4v) is 1.69. The highest BCUT2D eigenvalue weighted by atomic mass is 16.5. The van der Waals surface area contributed by atoms with Crippen molar-refractivity contribution in [2.75, 3.05) is 14.2 Å². The molecule has 0 N–H and O–H groups in total. The molecule has 1 aromatic carbocycles. The van der Waals surface area contributed by atoms with Gasteiger partial charge in [-0.1, -0.05) is 19.8 Å². The molecule has 0 aliphatic heterocycles. The molecule has 0 saturated heterocycles. The topological polar surface area (TPSA) is 35.5 Å². The van der Waals surface area contributed by atoms with Gasteiger partial charge in [0, 0.05) is 12.0 Å². The summed E-state index contributed by atoms with van der Waals surface area (Å²) in [6.45, 7) is 2.13. The number of ketones is 1. The van der Waals surface area contributed by atoms with Gasteiger partial charge in [0.05, 0.1) is 14.2 Å². The van der Waals surface area contributed by atoms with E-state index in [0.717, 1.165) is 19.3 Å². The van der Waals surface area contributed by atoms with Crippen molar-refractivity contribution in [3.05, 3.63) is 23.8 Å². The number of hydrogen-bond acceptors (Lipinski definition) is 3. The van der Waals surface area contributed by atoms with Crippen molar-refractivity contribution in [1.29, 1.82) is 0 Å². The fraction of sp³-hybridized carbons (Fsp3) is 0.500. The van der Waals surface area contributed by atoms with Gasteiger partial charge in [-0.25, -0.2) is 0 Å². The number of Topliss-reactive ketones (excluding diaryl/α,β-unsaturated/α-hetero) is 1. The van der Waals surface area contributed by atoms with Gasteiger partial charge in [0.15, 0.2) is 17.3 Å². The highest BCUT2D eigenvalue weighted by Gasteiger charge is 2.10. The van der Waals surface area contributed by atoms with E-state index in [1.807, 2.05) is 0 Å². The molecule has 1 rings (SSSR count). The predicted octanol–water partition coefficient (Wildman–Crippen LogP) is 3.47. The van der Waals surface area contributed by atoms with Crippen LogP contribution in [0.1, 0.15) is 43.0 Å². The van der Waals surface area contributed by atoms with E-state index in [-0.39, 0.29) is 5.78 Å². The molecule has 0 heterocycles. The van der Waals surface area contributed by atoms with E-state index < -0.39 is 0 Å². The summed E-state index contributed by atoms with van der Waals surface area (Å²) in [4.78, 5) is 11.9. The molecule has 0 atom stereocenters. The van der Waals surface area contributed by atoms with Gasteiger partial charge in [0.25, 0.3) is 0 Å². The van der Waals surface area contributed by atoms with Crippen LogP contribution in [0.5, 0.6) is 11.5 Å². The Morgan fingerprint density at radius 3 is 2.41 bits per heavy atom. The van der Waals surface area contributed by atoms with Crippen LogP contribution in [-0.4, -0.2) is 20.0 Å². The van der Waals surface area contributed by atoms with Gasteiger partial charge >= 0.3 is 0 Å². The van der Waals surface area contributed by atoms with Crippen LogP contribution < -0.4 is 9.47 Å². The molecule has 0 spiro atoms. The second-order valence-electron chi connectivity index (χ2n) is 3.95. The van der Waals surface area contributed by atoms with Crippen LogP contribution in [-0.2, 0) is 0 Å². The molecular weight excluding hydrogens is 216 g/mol. The van der Waals surface area contributed by atoms with Crippen LogP contribution >= 0.6 is 0 Å². The zero-order chi connectivity index (χ0) is 12.7. The van der Waals surface area contributed by atoms with Gasteiger partial charge < -0.3 is 9.47 Å². The van der Waals surface area contributed by atoms with E-state index in [1.165, 1.54) is 0 Å². The van der Waals surface area contributed by atoms with Crippen molar-refractivity contribution < 1.29 is 14.3 Å². The number of rotatable bonds is 7. The maximum Gasteiger partial charge on any atom is 0.163 e. The highest BCUT2D eigenvalue weighted by Crippen LogP contribution is 2.28. The van der Waals surface area contributed by atoms with E-state index in [1.54, 1.807) is 32.4 Å². The van der Waals surface area contributed by atoms with Gasteiger partial charge in [-0.05, 0) is 24.6 Å². The van der Waals surface area contributed by atoms with Crippen LogP contribution in [0.15, 0.2) is 18.2 Å². The van der Waals surface area contributed by atoms with Crippen LogP contribution in [0, 0.1) is 0 Å². The van der Waals surface area contributed by atoms with Gasteiger partial charge in [-0.2, -0.15) is 0 Å². The summed E-state index contributed by atoms with van der Waals surface area (Å²) in [6.07, 6.45) is 3.77. The predicted molar refractivity (Wildman–Crippen MR) is 68.0 cm³/mol. The lowest BCUT2D eigenvalue weighted by molar-refractivity contribution is 0.0979. The average Bonchev–Trinajstić information content (AvgIpc) is 2.38. The normalized spacial score (nSPS) is 10.1. The van der Waals surface area contributed by atoms with Crippen molar-refractivity contribution in [3.8, 4) is 11.5 Å². The Morgan fingerprint density at radius 1 is 1.12 bits per heavy atom. The molecule has 0 radical (unpaired) electrons. The van der Waals surface area contributed by atoms with Crippen molar-refractivity contribution in [2.45, 2.75) is 32.6 Å². The number of unbranched alkanes of at least 4 members (excludes halogenated alkanes) is 2. The summed E-state index contributed by atoms with van der Waals surface area (Å²) in [7, 11) is 3.16. The average molecular weight is 236 g/mol. The molecule has 0 fully saturated rings. The van der Waals surface area contributed by atoms with Gasteiger partial charge in [-0.3, -0.25) is 4.79 Å². The minimum Gasteiger partial charge on any atom is -0.493 e. The zero-order valence-corrected chi connectivity index (χ0v) is 10.8.